The zero-order valence-corrected chi connectivity index (χ0v) is 12.0. The third-order valence-electron chi connectivity index (χ3n) is 5.03. The molecule has 1 nitrogen and oxygen atoms in total. The Morgan fingerprint density at radius 2 is 1.75 bits per heavy atom. The molecule has 1 aromatic carbocycles. The summed E-state index contributed by atoms with van der Waals surface area (Å²) in [4.78, 5) is 0. The van der Waals surface area contributed by atoms with E-state index in [1.54, 1.807) is 0 Å². The lowest BCUT2D eigenvalue weighted by Crippen LogP contribution is -2.27. The van der Waals surface area contributed by atoms with Crippen molar-refractivity contribution in [3.63, 3.8) is 0 Å². The quantitative estimate of drug-likeness (QED) is 0.840. The summed E-state index contributed by atoms with van der Waals surface area (Å²) in [6.07, 6.45) is 6.00. The van der Waals surface area contributed by atoms with Crippen molar-refractivity contribution in [2.24, 2.45) is 17.8 Å². The molecule has 2 aliphatic carbocycles. The van der Waals surface area contributed by atoms with Crippen LogP contribution in [-0.2, 0) is 0 Å². The summed E-state index contributed by atoms with van der Waals surface area (Å²) in [6, 6.07) is 4.06. The first-order chi connectivity index (χ1) is 9.74. The van der Waals surface area contributed by atoms with Gasteiger partial charge in [-0.3, -0.25) is 0 Å². The maximum atomic E-state index is 14.1. The van der Waals surface area contributed by atoms with Gasteiger partial charge in [-0.25, -0.2) is 8.78 Å². The SMILES string of the molecule is CCCNC(c1c(F)cccc1F)C1C2CCCCC21. The van der Waals surface area contributed by atoms with Gasteiger partial charge in [0.25, 0.3) is 0 Å². The molecule has 110 valence electrons. The van der Waals surface area contributed by atoms with Gasteiger partial charge in [0, 0.05) is 11.6 Å². The zero-order valence-electron chi connectivity index (χ0n) is 12.0. The molecular weight excluding hydrogens is 256 g/mol. The smallest absolute Gasteiger partial charge is 0.130 e. The molecule has 0 aliphatic heterocycles. The van der Waals surface area contributed by atoms with Crippen LogP contribution in [0, 0.1) is 29.4 Å². The van der Waals surface area contributed by atoms with E-state index in [2.05, 4.69) is 12.2 Å². The second-order valence-corrected chi connectivity index (χ2v) is 6.26. The van der Waals surface area contributed by atoms with E-state index in [1.165, 1.54) is 43.9 Å². The van der Waals surface area contributed by atoms with Crippen LogP contribution in [0.3, 0.4) is 0 Å². The molecule has 0 heterocycles. The molecule has 0 radical (unpaired) electrons. The summed E-state index contributed by atoms with van der Waals surface area (Å²) in [5.41, 5.74) is 0.264. The normalized spacial score (nSPS) is 29.9. The highest BCUT2D eigenvalue weighted by molar-refractivity contribution is 5.27. The van der Waals surface area contributed by atoms with E-state index < -0.39 is 11.6 Å². The third kappa shape index (κ3) is 2.48. The Morgan fingerprint density at radius 1 is 1.15 bits per heavy atom. The highest BCUT2D eigenvalue weighted by atomic mass is 19.1. The van der Waals surface area contributed by atoms with E-state index in [4.69, 9.17) is 0 Å². The number of rotatable bonds is 5. The summed E-state index contributed by atoms with van der Waals surface area (Å²) in [5, 5.41) is 3.41. The molecule has 3 heteroatoms. The molecule has 2 saturated carbocycles. The van der Waals surface area contributed by atoms with Crippen molar-refractivity contribution in [1.82, 2.24) is 5.32 Å². The Balaban J connectivity index is 1.86. The van der Waals surface area contributed by atoms with Crippen LogP contribution in [0.2, 0.25) is 0 Å². The molecule has 0 aromatic heterocycles. The van der Waals surface area contributed by atoms with Crippen molar-refractivity contribution in [1.29, 1.82) is 0 Å². The number of nitrogens with one attached hydrogen (secondary N) is 1. The molecule has 0 spiro atoms. The molecule has 1 N–H and O–H groups in total. The summed E-state index contributed by atoms with van der Waals surface area (Å²) in [5.74, 6) is 0.981. The van der Waals surface area contributed by atoms with Crippen molar-refractivity contribution in [2.75, 3.05) is 6.54 Å². The van der Waals surface area contributed by atoms with Crippen LogP contribution >= 0.6 is 0 Å². The third-order valence-corrected chi connectivity index (χ3v) is 5.03. The highest BCUT2D eigenvalue weighted by Crippen LogP contribution is 2.60. The van der Waals surface area contributed by atoms with Crippen LogP contribution in [-0.4, -0.2) is 6.54 Å². The molecule has 20 heavy (non-hydrogen) atoms. The Kier molecular flexibility index (Phi) is 4.06. The highest BCUT2D eigenvalue weighted by Gasteiger charge is 2.55. The molecule has 1 aromatic rings. The molecule has 3 unspecified atom stereocenters. The first-order valence-corrected chi connectivity index (χ1v) is 7.91. The van der Waals surface area contributed by atoms with E-state index >= 15 is 0 Å². The first kappa shape index (κ1) is 14.0. The van der Waals surface area contributed by atoms with Gasteiger partial charge >= 0.3 is 0 Å². The van der Waals surface area contributed by atoms with Gasteiger partial charge in [0.15, 0.2) is 0 Å². The predicted octanol–water partition coefficient (Wildman–Crippen LogP) is 4.44. The van der Waals surface area contributed by atoms with Crippen LogP contribution in [0.5, 0.6) is 0 Å². The van der Waals surface area contributed by atoms with Gasteiger partial charge in [-0.2, -0.15) is 0 Å². The fourth-order valence-corrected chi connectivity index (χ4v) is 4.08. The average Bonchev–Trinajstić information content (AvgIpc) is 3.16. The molecule has 3 rings (SSSR count). The Bertz CT molecular complexity index is 442. The first-order valence-electron chi connectivity index (χ1n) is 7.91. The van der Waals surface area contributed by atoms with Gasteiger partial charge in [-0.05, 0) is 55.7 Å². The molecule has 2 aliphatic rings. The van der Waals surface area contributed by atoms with Crippen LogP contribution in [0.1, 0.15) is 50.6 Å². The van der Waals surface area contributed by atoms with E-state index in [0.29, 0.717) is 17.8 Å². The summed E-state index contributed by atoms with van der Waals surface area (Å²) < 4.78 is 28.2. The van der Waals surface area contributed by atoms with Crippen molar-refractivity contribution < 1.29 is 8.78 Å². The van der Waals surface area contributed by atoms with Gasteiger partial charge in [0.2, 0.25) is 0 Å². The maximum Gasteiger partial charge on any atom is 0.130 e. The summed E-state index contributed by atoms with van der Waals surface area (Å²) in [7, 11) is 0. The zero-order chi connectivity index (χ0) is 14.1. The van der Waals surface area contributed by atoms with Gasteiger partial charge in [-0.15, -0.1) is 0 Å². The lowest BCUT2D eigenvalue weighted by molar-refractivity contribution is 0.407. The maximum absolute atomic E-state index is 14.1. The van der Waals surface area contributed by atoms with E-state index in [0.717, 1.165) is 13.0 Å². The van der Waals surface area contributed by atoms with Crippen molar-refractivity contribution in [2.45, 2.75) is 45.1 Å². The lowest BCUT2D eigenvalue weighted by Gasteiger charge is -2.21. The minimum absolute atomic E-state index is 0.149. The Labute approximate surface area is 119 Å². The van der Waals surface area contributed by atoms with Crippen molar-refractivity contribution in [3.05, 3.63) is 35.4 Å². The molecule has 2 fully saturated rings. The number of fused-ring (bicyclic) bond motifs is 1. The second kappa shape index (κ2) is 5.80. The van der Waals surface area contributed by atoms with Gasteiger partial charge in [-0.1, -0.05) is 25.8 Å². The lowest BCUT2D eigenvalue weighted by atomic mass is 9.98. The molecule has 0 saturated heterocycles. The number of benzene rings is 1. The van der Waals surface area contributed by atoms with Crippen molar-refractivity contribution >= 4 is 0 Å². The molecule has 3 atom stereocenters. The molecular formula is C17H23F2N. The van der Waals surface area contributed by atoms with E-state index in [-0.39, 0.29) is 11.6 Å². The second-order valence-electron chi connectivity index (χ2n) is 6.26. The van der Waals surface area contributed by atoms with Gasteiger partial charge in [0.05, 0.1) is 0 Å². The van der Waals surface area contributed by atoms with Crippen LogP contribution in [0.25, 0.3) is 0 Å². The van der Waals surface area contributed by atoms with Gasteiger partial charge in [0.1, 0.15) is 11.6 Å². The fraction of sp³-hybridized carbons (Fsp3) is 0.647. The largest absolute Gasteiger partial charge is 0.309 e. The van der Waals surface area contributed by atoms with Crippen molar-refractivity contribution in [3.8, 4) is 0 Å². The topological polar surface area (TPSA) is 12.0 Å². The molecule has 0 amide bonds. The minimum atomic E-state index is -0.401. The molecule has 0 bridgehead atoms. The monoisotopic (exact) mass is 279 g/mol. The fourth-order valence-electron chi connectivity index (χ4n) is 4.08. The average molecular weight is 279 g/mol. The van der Waals surface area contributed by atoms with E-state index in [1.807, 2.05) is 0 Å². The van der Waals surface area contributed by atoms with Crippen LogP contribution < -0.4 is 5.32 Å². The summed E-state index contributed by atoms with van der Waals surface area (Å²) in [6.45, 7) is 2.90. The Morgan fingerprint density at radius 3 is 2.30 bits per heavy atom. The number of halogens is 2. The minimum Gasteiger partial charge on any atom is -0.309 e. The van der Waals surface area contributed by atoms with E-state index in [9.17, 15) is 8.78 Å². The van der Waals surface area contributed by atoms with Crippen LogP contribution in [0.15, 0.2) is 18.2 Å². The number of hydrogen-bond acceptors (Lipinski definition) is 1. The number of hydrogen-bond donors (Lipinski definition) is 1. The van der Waals surface area contributed by atoms with Gasteiger partial charge < -0.3 is 5.32 Å². The predicted molar refractivity (Wildman–Crippen MR) is 76.3 cm³/mol. The summed E-state index contributed by atoms with van der Waals surface area (Å²) >= 11 is 0. The Hall–Kier alpha value is -0.960. The van der Waals surface area contributed by atoms with Crippen LogP contribution in [0.4, 0.5) is 8.78 Å². The standard InChI is InChI=1S/C17H23F2N/c1-2-10-20-17(15-11-6-3-4-7-12(11)15)16-13(18)8-5-9-14(16)19/h5,8-9,11-12,15,17,20H,2-4,6-7,10H2,1H3.